The third-order valence-electron chi connectivity index (χ3n) is 3.97. The summed E-state index contributed by atoms with van der Waals surface area (Å²) in [5.74, 6) is 1.31. The van der Waals surface area contributed by atoms with E-state index in [1.54, 1.807) is 42.1 Å². The smallest absolute Gasteiger partial charge is 0.271 e. The molecule has 0 aliphatic rings. The van der Waals surface area contributed by atoms with E-state index in [0.29, 0.717) is 40.4 Å². The standard InChI is InChI=1S/C19H15ClN6O2/c1-12-24-19(28-25-12)14-4-7-17(21-9-14)26-10-16(23-11-26)18(27)22-8-13-2-5-15(20)6-3-13/h2-7,9-11H,8H2,1H3,(H,22,27). The molecule has 0 unspecified atom stereocenters. The van der Waals surface area contributed by atoms with Crippen LogP contribution in [0.2, 0.25) is 5.02 Å². The molecule has 140 valence electrons. The summed E-state index contributed by atoms with van der Waals surface area (Å²) in [5.41, 5.74) is 1.96. The van der Waals surface area contributed by atoms with Gasteiger partial charge in [-0.2, -0.15) is 4.98 Å². The molecule has 9 heteroatoms. The van der Waals surface area contributed by atoms with Crippen LogP contribution in [-0.4, -0.2) is 30.6 Å². The Morgan fingerprint density at radius 1 is 1.18 bits per heavy atom. The number of aromatic nitrogens is 5. The molecule has 3 aromatic heterocycles. The molecule has 1 amide bonds. The van der Waals surface area contributed by atoms with E-state index in [1.807, 2.05) is 18.2 Å². The van der Waals surface area contributed by atoms with Gasteiger partial charge in [0.05, 0.1) is 5.56 Å². The van der Waals surface area contributed by atoms with Crippen molar-refractivity contribution in [3.63, 3.8) is 0 Å². The predicted octanol–water partition coefficient (Wildman–Crippen LogP) is 3.21. The molecule has 0 saturated heterocycles. The van der Waals surface area contributed by atoms with Gasteiger partial charge in [0.1, 0.15) is 17.8 Å². The fraction of sp³-hybridized carbons (Fsp3) is 0.105. The number of carbonyl (C=O) groups is 1. The summed E-state index contributed by atoms with van der Waals surface area (Å²) < 4.78 is 6.79. The number of pyridine rings is 1. The Balaban J connectivity index is 1.43. The van der Waals surface area contributed by atoms with Gasteiger partial charge in [0.15, 0.2) is 5.82 Å². The summed E-state index contributed by atoms with van der Waals surface area (Å²) in [6.07, 6.45) is 4.79. The van der Waals surface area contributed by atoms with Gasteiger partial charge in [0.2, 0.25) is 0 Å². The average Bonchev–Trinajstić information content (AvgIpc) is 3.37. The largest absolute Gasteiger partial charge is 0.347 e. The number of nitrogens with one attached hydrogen (secondary N) is 1. The Labute approximate surface area is 165 Å². The number of rotatable bonds is 5. The second-order valence-electron chi connectivity index (χ2n) is 6.03. The van der Waals surface area contributed by atoms with Crippen molar-refractivity contribution in [2.45, 2.75) is 13.5 Å². The van der Waals surface area contributed by atoms with E-state index < -0.39 is 0 Å². The summed E-state index contributed by atoms with van der Waals surface area (Å²) in [6, 6.07) is 10.9. The van der Waals surface area contributed by atoms with Crippen LogP contribution in [0.3, 0.4) is 0 Å². The number of nitrogens with zero attached hydrogens (tertiary/aromatic N) is 5. The molecule has 0 atom stereocenters. The van der Waals surface area contributed by atoms with Gasteiger partial charge in [-0.25, -0.2) is 9.97 Å². The monoisotopic (exact) mass is 394 g/mol. The van der Waals surface area contributed by atoms with Crippen LogP contribution in [0.25, 0.3) is 17.3 Å². The topological polar surface area (TPSA) is 98.7 Å². The maximum Gasteiger partial charge on any atom is 0.271 e. The molecule has 0 spiro atoms. The van der Waals surface area contributed by atoms with E-state index in [2.05, 4.69) is 25.4 Å². The van der Waals surface area contributed by atoms with Crippen molar-refractivity contribution in [1.29, 1.82) is 0 Å². The van der Waals surface area contributed by atoms with E-state index in [9.17, 15) is 4.79 Å². The summed E-state index contributed by atoms with van der Waals surface area (Å²) in [7, 11) is 0. The van der Waals surface area contributed by atoms with Crippen LogP contribution < -0.4 is 5.32 Å². The molecule has 3 heterocycles. The van der Waals surface area contributed by atoms with Gasteiger partial charge in [0.25, 0.3) is 11.8 Å². The number of carbonyl (C=O) groups excluding carboxylic acids is 1. The number of hydrogen-bond acceptors (Lipinski definition) is 6. The van der Waals surface area contributed by atoms with Crippen LogP contribution in [0.15, 0.2) is 59.6 Å². The van der Waals surface area contributed by atoms with Crippen molar-refractivity contribution in [3.8, 4) is 17.3 Å². The van der Waals surface area contributed by atoms with Crippen LogP contribution in [0.5, 0.6) is 0 Å². The van der Waals surface area contributed by atoms with Gasteiger partial charge >= 0.3 is 0 Å². The molecule has 8 nitrogen and oxygen atoms in total. The van der Waals surface area contributed by atoms with E-state index in [1.165, 1.54) is 6.33 Å². The number of imidazole rings is 1. The second-order valence-corrected chi connectivity index (χ2v) is 6.46. The van der Waals surface area contributed by atoms with E-state index in [-0.39, 0.29) is 5.91 Å². The highest BCUT2D eigenvalue weighted by Crippen LogP contribution is 2.17. The van der Waals surface area contributed by atoms with E-state index in [4.69, 9.17) is 16.1 Å². The van der Waals surface area contributed by atoms with E-state index in [0.717, 1.165) is 5.56 Å². The Morgan fingerprint density at radius 3 is 2.68 bits per heavy atom. The fourth-order valence-corrected chi connectivity index (χ4v) is 2.65. The van der Waals surface area contributed by atoms with Crippen LogP contribution in [0.4, 0.5) is 0 Å². The predicted molar refractivity (Wildman–Crippen MR) is 102 cm³/mol. The number of hydrogen-bond donors (Lipinski definition) is 1. The molecule has 1 aromatic carbocycles. The minimum atomic E-state index is -0.272. The average molecular weight is 395 g/mol. The van der Waals surface area contributed by atoms with Crippen molar-refractivity contribution >= 4 is 17.5 Å². The summed E-state index contributed by atoms with van der Waals surface area (Å²) >= 11 is 5.86. The number of aryl methyl sites for hydroxylation is 1. The first-order valence-electron chi connectivity index (χ1n) is 8.42. The van der Waals surface area contributed by atoms with Gasteiger partial charge < -0.3 is 9.84 Å². The lowest BCUT2D eigenvalue weighted by Gasteiger charge is -2.04. The molecular weight excluding hydrogens is 380 g/mol. The third kappa shape index (κ3) is 3.91. The quantitative estimate of drug-likeness (QED) is 0.558. The Kier molecular flexibility index (Phi) is 4.86. The highest BCUT2D eigenvalue weighted by Gasteiger charge is 2.11. The lowest BCUT2D eigenvalue weighted by molar-refractivity contribution is 0.0946. The molecular formula is C19H15ClN6O2. The Bertz CT molecular complexity index is 1100. The first-order valence-corrected chi connectivity index (χ1v) is 8.80. The van der Waals surface area contributed by atoms with Gasteiger partial charge in [-0.15, -0.1) is 0 Å². The zero-order valence-electron chi connectivity index (χ0n) is 14.8. The van der Waals surface area contributed by atoms with Crippen molar-refractivity contribution in [3.05, 3.63) is 77.2 Å². The van der Waals surface area contributed by atoms with E-state index >= 15 is 0 Å². The summed E-state index contributed by atoms with van der Waals surface area (Å²) in [6.45, 7) is 2.14. The first-order chi connectivity index (χ1) is 13.6. The summed E-state index contributed by atoms with van der Waals surface area (Å²) in [5, 5.41) is 7.24. The highest BCUT2D eigenvalue weighted by molar-refractivity contribution is 6.30. The van der Waals surface area contributed by atoms with Crippen molar-refractivity contribution in [2.24, 2.45) is 0 Å². The Morgan fingerprint density at radius 2 is 2.00 bits per heavy atom. The molecule has 0 bridgehead atoms. The first kappa shape index (κ1) is 17.9. The zero-order chi connectivity index (χ0) is 19.5. The van der Waals surface area contributed by atoms with Crippen LogP contribution in [0, 0.1) is 6.92 Å². The number of halogens is 1. The number of amides is 1. The lowest BCUT2D eigenvalue weighted by Crippen LogP contribution is -2.23. The SMILES string of the molecule is Cc1noc(-c2ccc(-n3cnc(C(=O)NCc4ccc(Cl)cc4)c3)nc2)n1. The van der Waals surface area contributed by atoms with Crippen LogP contribution >= 0.6 is 11.6 Å². The minimum Gasteiger partial charge on any atom is -0.347 e. The molecule has 4 aromatic rings. The highest BCUT2D eigenvalue weighted by atomic mass is 35.5. The third-order valence-corrected chi connectivity index (χ3v) is 4.22. The Hall–Kier alpha value is -3.52. The maximum atomic E-state index is 12.3. The second kappa shape index (κ2) is 7.61. The minimum absolute atomic E-state index is 0.272. The van der Waals surface area contributed by atoms with Gasteiger partial charge in [0, 0.05) is 24.0 Å². The van der Waals surface area contributed by atoms with Gasteiger partial charge in [-0.05, 0) is 36.8 Å². The van der Waals surface area contributed by atoms with Crippen LogP contribution in [-0.2, 0) is 6.54 Å². The van der Waals surface area contributed by atoms with Gasteiger partial charge in [-0.3, -0.25) is 9.36 Å². The van der Waals surface area contributed by atoms with Crippen molar-refractivity contribution in [1.82, 2.24) is 30.0 Å². The number of benzene rings is 1. The van der Waals surface area contributed by atoms with Gasteiger partial charge in [-0.1, -0.05) is 28.9 Å². The molecule has 4 rings (SSSR count). The molecule has 0 fully saturated rings. The lowest BCUT2D eigenvalue weighted by atomic mass is 10.2. The molecule has 0 saturated carbocycles. The zero-order valence-corrected chi connectivity index (χ0v) is 15.6. The van der Waals surface area contributed by atoms with Crippen LogP contribution in [0.1, 0.15) is 21.9 Å². The van der Waals surface area contributed by atoms with Crippen molar-refractivity contribution in [2.75, 3.05) is 0 Å². The molecule has 1 N–H and O–H groups in total. The maximum absolute atomic E-state index is 12.3. The molecule has 0 aliphatic carbocycles. The summed E-state index contributed by atoms with van der Waals surface area (Å²) in [4.78, 5) is 25.0. The normalized spacial score (nSPS) is 10.8. The molecule has 28 heavy (non-hydrogen) atoms. The molecule has 0 aliphatic heterocycles. The fourth-order valence-electron chi connectivity index (χ4n) is 2.52. The van der Waals surface area contributed by atoms with Crippen molar-refractivity contribution < 1.29 is 9.32 Å². The molecule has 0 radical (unpaired) electrons.